The first-order chi connectivity index (χ1) is 8.69. The quantitative estimate of drug-likeness (QED) is 0.790. The van der Waals surface area contributed by atoms with Gasteiger partial charge in [0, 0.05) is 12.6 Å². The number of nitrogens with one attached hydrogen (secondary N) is 2. The van der Waals surface area contributed by atoms with Gasteiger partial charge in [0.2, 0.25) is 5.91 Å². The predicted octanol–water partition coefficient (Wildman–Crippen LogP) is 0.985. The Bertz CT molecular complexity index is 312. The molecule has 1 saturated heterocycles. The second-order valence-electron chi connectivity index (χ2n) is 5.47. The van der Waals surface area contributed by atoms with Crippen LogP contribution in [-0.2, 0) is 4.79 Å². The fourth-order valence-corrected chi connectivity index (χ4v) is 2.14. The Labute approximate surface area is 111 Å². The molecule has 1 aliphatic heterocycles. The van der Waals surface area contributed by atoms with Crippen molar-refractivity contribution in [2.75, 3.05) is 33.7 Å². The Morgan fingerprint density at radius 2 is 2.11 bits per heavy atom. The van der Waals surface area contributed by atoms with Crippen LogP contribution >= 0.6 is 0 Å². The Morgan fingerprint density at radius 3 is 2.53 bits per heavy atom. The summed E-state index contributed by atoms with van der Waals surface area (Å²) < 4.78 is 39.4. The zero-order valence-electron chi connectivity index (χ0n) is 11.6. The number of alkyl halides is 3. The Balaban J connectivity index is 2.64. The van der Waals surface area contributed by atoms with E-state index in [1.165, 1.54) is 0 Å². The normalized spacial score (nSPS) is 25.6. The summed E-state index contributed by atoms with van der Waals surface area (Å²) in [5.41, 5.74) is -2.26. The molecule has 4 nitrogen and oxygen atoms in total. The molecule has 0 aliphatic carbocycles. The molecule has 19 heavy (non-hydrogen) atoms. The van der Waals surface area contributed by atoms with Gasteiger partial charge >= 0.3 is 6.18 Å². The van der Waals surface area contributed by atoms with Crippen LogP contribution in [0.2, 0.25) is 0 Å². The van der Waals surface area contributed by atoms with Gasteiger partial charge in [-0.1, -0.05) is 0 Å². The van der Waals surface area contributed by atoms with Crippen LogP contribution in [0.3, 0.4) is 0 Å². The smallest absolute Gasteiger partial charge is 0.353 e. The van der Waals surface area contributed by atoms with Crippen molar-refractivity contribution in [3.8, 4) is 0 Å². The minimum Gasteiger partial charge on any atom is -0.353 e. The number of carbonyl (C=O) groups excluding carboxylic acids is 1. The molecule has 0 aromatic rings. The summed E-state index contributed by atoms with van der Waals surface area (Å²) in [5.74, 6) is -0.906. The summed E-state index contributed by atoms with van der Waals surface area (Å²) in [6.07, 6.45) is -4.08. The van der Waals surface area contributed by atoms with E-state index in [1.54, 1.807) is 6.92 Å². The van der Waals surface area contributed by atoms with Gasteiger partial charge < -0.3 is 15.5 Å². The molecule has 0 aromatic heterocycles. The highest BCUT2D eigenvalue weighted by Crippen LogP contribution is 2.43. The summed E-state index contributed by atoms with van der Waals surface area (Å²) >= 11 is 0. The number of hydrogen-bond donors (Lipinski definition) is 2. The lowest BCUT2D eigenvalue weighted by molar-refractivity contribution is -0.216. The molecule has 0 saturated carbocycles. The minimum absolute atomic E-state index is 0.192. The number of halogens is 3. The molecule has 1 heterocycles. The van der Waals surface area contributed by atoms with E-state index >= 15 is 0 Å². The van der Waals surface area contributed by atoms with Crippen LogP contribution in [0.25, 0.3) is 0 Å². The Hall–Kier alpha value is -0.820. The molecule has 0 spiro atoms. The van der Waals surface area contributed by atoms with Gasteiger partial charge in [0.15, 0.2) is 5.41 Å². The molecule has 0 bridgehead atoms. The third-order valence-electron chi connectivity index (χ3n) is 3.52. The van der Waals surface area contributed by atoms with Gasteiger partial charge in [-0.15, -0.1) is 0 Å². The molecule has 1 rings (SSSR count). The number of carbonyl (C=O) groups is 1. The van der Waals surface area contributed by atoms with Crippen molar-refractivity contribution in [1.29, 1.82) is 0 Å². The summed E-state index contributed by atoms with van der Waals surface area (Å²) in [6.45, 7) is 2.34. The summed E-state index contributed by atoms with van der Waals surface area (Å²) in [5, 5.41) is 5.13. The first-order valence-electron chi connectivity index (χ1n) is 6.42. The average molecular weight is 281 g/mol. The monoisotopic (exact) mass is 281 g/mol. The maximum Gasteiger partial charge on any atom is 0.404 e. The maximum atomic E-state index is 13.1. The second-order valence-corrected chi connectivity index (χ2v) is 5.47. The second kappa shape index (κ2) is 6.09. The molecule has 112 valence electrons. The average Bonchev–Trinajstić information content (AvgIpc) is 2.75. The number of amides is 1. The highest BCUT2D eigenvalue weighted by Gasteiger charge is 2.61. The minimum atomic E-state index is -4.51. The fourth-order valence-electron chi connectivity index (χ4n) is 2.14. The molecule has 7 heteroatoms. The maximum absolute atomic E-state index is 13.1. The van der Waals surface area contributed by atoms with Gasteiger partial charge in [-0.3, -0.25) is 4.79 Å². The van der Waals surface area contributed by atoms with Crippen LogP contribution in [0.1, 0.15) is 19.8 Å². The summed E-state index contributed by atoms with van der Waals surface area (Å²) in [4.78, 5) is 13.9. The van der Waals surface area contributed by atoms with E-state index in [0.29, 0.717) is 6.42 Å². The topological polar surface area (TPSA) is 44.4 Å². The zero-order valence-corrected chi connectivity index (χ0v) is 11.6. The van der Waals surface area contributed by atoms with E-state index in [-0.39, 0.29) is 25.6 Å². The lowest BCUT2D eigenvalue weighted by Gasteiger charge is -2.31. The molecule has 2 unspecified atom stereocenters. The van der Waals surface area contributed by atoms with Crippen molar-refractivity contribution in [3.05, 3.63) is 0 Å². The summed E-state index contributed by atoms with van der Waals surface area (Å²) in [6, 6.07) is -0.269. The van der Waals surface area contributed by atoms with Gasteiger partial charge in [-0.05, 0) is 47.0 Å². The van der Waals surface area contributed by atoms with E-state index in [9.17, 15) is 18.0 Å². The lowest BCUT2D eigenvalue weighted by atomic mass is 9.85. The van der Waals surface area contributed by atoms with Crippen LogP contribution in [-0.4, -0.2) is 56.8 Å². The van der Waals surface area contributed by atoms with Gasteiger partial charge in [-0.2, -0.15) is 13.2 Å². The third kappa shape index (κ3) is 3.82. The lowest BCUT2D eigenvalue weighted by Crippen LogP contribution is -2.54. The van der Waals surface area contributed by atoms with Crippen molar-refractivity contribution in [2.24, 2.45) is 5.41 Å². The zero-order chi connectivity index (χ0) is 14.7. The Morgan fingerprint density at radius 1 is 1.47 bits per heavy atom. The van der Waals surface area contributed by atoms with Crippen molar-refractivity contribution in [2.45, 2.75) is 32.0 Å². The fraction of sp³-hybridized carbons (Fsp3) is 0.917. The van der Waals surface area contributed by atoms with E-state index in [2.05, 4.69) is 10.6 Å². The molecular weight excluding hydrogens is 259 g/mol. The van der Waals surface area contributed by atoms with Crippen molar-refractivity contribution < 1.29 is 18.0 Å². The van der Waals surface area contributed by atoms with Gasteiger partial charge in [0.05, 0.1) is 0 Å². The molecule has 0 radical (unpaired) electrons. The molecule has 2 atom stereocenters. The van der Waals surface area contributed by atoms with E-state index in [1.807, 2.05) is 19.0 Å². The van der Waals surface area contributed by atoms with Crippen LogP contribution < -0.4 is 10.6 Å². The third-order valence-corrected chi connectivity index (χ3v) is 3.52. The van der Waals surface area contributed by atoms with Gasteiger partial charge in [0.25, 0.3) is 0 Å². The highest BCUT2D eigenvalue weighted by atomic mass is 19.4. The van der Waals surface area contributed by atoms with Crippen molar-refractivity contribution >= 4 is 5.91 Å². The van der Waals surface area contributed by atoms with Crippen molar-refractivity contribution in [3.63, 3.8) is 0 Å². The molecule has 1 aliphatic rings. The van der Waals surface area contributed by atoms with Crippen molar-refractivity contribution in [1.82, 2.24) is 15.5 Å². The first-order valence-corrected chi connectivity index (χ1v) is 6.42. The number of nitrogens with zero attached hydrogens (tertiary/aromatic N) is 1. The predicted molar refractivity (Wildman–Crippen MR) is 66.8 cm³/mol. The van der Waals surface area contributed by atoms with Crippen LogP contribution in [0.4, 0.5) is 13.2 Å². The van der Waals surface area contributed by atoms with E-state index in [0.717, 1.165) is 6.54 Å². The largest absolute Gasteiger partial charge is 0.404 e. The molecule has 1 fully saturated rings. The number of rotatable bonds is 5. The number of hydrogen-bond acceptors (Lipinski definition) is 3. The molecular formula is C12H22F3N3O. The van der Waals surface area contributed by atoms with Gasteiger partial charge in [0.1, 0.15) is 0 Å². The van der Waals surface area contributed by atoms with Crippen LogP contribution in [0.15, 0.2) is 0 Å². The summed E-state index contributed by atoms with van der Waals surface area (Å²) in [7, 11) is 3.76. The Kier molecular flexibility index (Phi) is 5.20. The van der Waals surface area contributed by atoms with E-state index < -0.39 is 17.5 Å². The van der Waals surface area contributed by atoms with Gasteiger partial charge in [-0.25, -0.2) is 0 Å². The highest BCUT2D eigenvalue weighted by molar-refractivity contribution is 5.84. The van der Waals surface area contributed by atoms with E-state index in [4.69, 9.17) is 0 Å². The SMILES string of the molecule is CC(CCN(C)C)NC(=O)C1(C(F)(F)F)CCNC1. The molecule has 0 aromatic carbocycles. The molecule has 1 amide bonds. The molecule has 2 N–H and O–H groups in total. The van der Waals surface area contributed by atoms with Crippen LogP contribution in [0, 0.1) is 5.41 Å². The first kappa shape index (κ1) is 16.2. The van der Waals surface area contributed by atoms with Crippen LogP contribution in [0.5, 0.6) is 0 Å². The standard InChI is InChI=1S/C12H22F3N3O/c1-9(4-7-18(2)3)17-10(19)11(12(13,14)15)5-6-16-8-11/h9,16H,4-8H2,1-3H3,(H,17,19).